The third kappa shape index (κ3) is 3.71. The summed E-state index contributed by atoms with van der Waals surface area (Å²) in [5.41, 5.74) is 7.33. The molecule has 0 fully saturated rings. The summed E-state index contributed by atoms with van der Waals surface area (Å²) in [6.45, 7) is 10.6. The Bertz CT molecular complexity index is 446. The molecule has 1 heterocycles. The summed E-state index contributed by atoms with van der Waals surface area (Å²) < 4.78 is 0. The second kappa shape index (κ2) is 5.83. The van der Waals surface area contributed by atoms with Crippen molar-refractivity contribution in [1.29, 1.82) is 5.26 Å². The van der Waals surface area contributed by atoms with Crippen LogP contribution in [-0.2, 0) is 0 Å². The molecule has 0 unspecified atom stereocenters. The van der Waals surface area contributed by atoms with E-state index in [2.05, 4.69) is 36.7 Å². The molecular formula is C14H22N4. The number of rotatable bonds is 5. The largest absolute Gasteiger partial charge is 0.356 e. The second-order valence-corrected chi connectivity index (χ2v) is 5.35. The highest BCUT2D eigenvalue weighted by atomic mass is 15.2. The quantitative estimate of drug-likeness (QED) is 0.863. The maximum atomic E-state index is 9.00. The van der Waals surface area contributed by atoms with E-state index in [4.69, 9.17) is 11.0 Å². The van der Waals surface area contributed by atoms with Gasteiger partial charge in [-0.15, -0.1) is 0 Å². The van der Waals surface area contributed by atoms with Crippen LogP contribution < -0.4 is 10.6 Å². The number of anilines is 1. The molecule has 0 aliphatic heterocycles. The fourth-order valence-electron chi connectivity index (χ4n) is 1.81. The van der Waals surface area contributed by atoms with Crippen molar-refractivity contribution in [3.8, 4) is 6.07 Å². The number of hydrogen-bond acceptors (Lipinski definition) is 4. The topological polar surface area (TPSA) is 65.9 Å². The monoisotopic (exact) mass is 246 g/mol. The van der Waals surface area contributed by atoms with E-state index in [9.17, 15) is 0 Å². The van der Waals surface area contributed by atoms with Crippen LogP contribution in [-0.4, -0.2) is 24.6 Å². The Labute approximate surface area is 109 Å². The minimum absolute atomic E-state index is 0.0360. The second-order valence-electron chi connectivity index (χ2n) is 5.35. The van der Waals surface area contributed by atoms with Gasteiger partial charge in [0.15, 0.2) is 0 Å². The van der Waals surface area contributed by atoms with E-state index in [-0.39, 0.29) is 5.41 Å². The molecule has 0 saturated heterocycles. The van der Waals surface area contributed by atoms with Crippen molar-refractivity contribution < 1.29 is 0 Å². The predicted octanol–water partition coefficient (Wildman–Crippen LogP) is 2.07. The van der Waals surface area contributed by atoms with Gasteiger partial charge in [-0.25, -0.2) is 4.98 Å². The Morgan fingerprint density at radius 2 is 2.11 bits per heavy atom. The van der Waals surface area contributed by atoms with E-state index >= 15 is 0 Å². The van der Waals surface area contributed by atoms with Crippen LogP contribution >= 0.6 is 0 Å². The molecule has 0 bridgehead atoms. The molecule has 1 aromatic rings. The molecule has 0 aliphatic rings. The molecule has 0 radical (unpaired) electrons. The Morgan fingerprint density at radius 1 is 1.44 bits per heavy atom. The number of hydrogen-bond donors (Lipinski definition) is 1. The van der Waals surface area contributed by atoms with Gasteiger partial charge in [0.1, 0.15) is 5.82 Å². The molecule has 0 aromatic carbocycles. The molecule has 0 atom stereocenters. The lowest BCUT2D eigenvalue weighted by Gasteiger charge is -2.32. The van der Waals surface area contributed by atoms with E-state index < -0.39 is 0 Å². The zero-order valence-corrected chi connectivity index (χ0v) is 11.7. The summed E-state index contributed by atoms with van der Waals surface area (Å²) in [4.78, 5) is 6.67. The number of nitrogens with zero attached hydrogens (tertiary/aromatic N) is 3. The third-order valence-corrected chi connectivity index (χ3v) is 2.95. The smallest absolute Gasteiger partial charge is 0.130 e. The number of aryl methyl sites for hydroxylation is 1. The first-order valence-electron chi connectivity index (χ1n) is 6.25. The number of nitriles is 1. The standard InChI is InChI=1S/C14H22N4/c1-5-18(10-14(3,4)9-16)13-7-12(8-15)6-11(2)17-13/h6-7H,5,9-10,16H2,1-4H3. The van der Waals surface area contributed by atoms with Crippen LogP contribution in [0, 0.1) is 23.7 Å². The van der Waals surface area contributed by atoms with E-state index in [1.165, 1.54) is 0 Å². The minimum atomic E-state index is 0.0360. The van der Waals surface area contributed by atoms with Crippen molar-refractivity contribution in [2.24, 2.45) is 11.1 Å². The van der Waals surface area contributed by atoms with Crippen LogP contribution in [0.1, 0.15) is 32.0 Å². The van der Waals surface area contributed by atoms with Gasteiger partial charge in [0.2, 0.25) is 0 Å². The molecule has 2 N–H and O–H groups in total. The fourth-order valence-corrected chi connectivity index (χ4v) is 1.81. The van der Waals surface area contributed by atoms with Crippen LogP contribution in [0.2, 0.25) is 0 Å². The first-order valence-corrected chi connectivity index (χ1v) is 6.25. The number of nitrogens with two attached hydrogens (primary N) is 1. The minimum Gasteiger partial charge on any atom is -0.356 e. The lowest BCUT2D eigenvalue weighted by molar-refractivity contribution is 0.378. The van der Waals surface area contributed by atoms with Gasteiger partial charge < -0.3 is 10.6 Å². The maximum Gasteiger partial charge on any atom is 0.130 e. The zero-order chi connectivity index (χ0) is 13.8. The van der Waals surface area contributed by atoms with Gasteiger partial charge in [-0.3, -0.25) is 0 Å². The van der Waals surface area contributed by atoms with Crippen LogP contribution in [0.4, 0.5) is 5.82 Å². The van der Waals surface area contributed by atoms with Crippen molar-refractivity contribution in [3.05, 3.63) is 23.4 Å². The molecule has 0 aliphatic carbocycles. The van der Waals surface area contributed by atoms with Crippen molar-refractivity contribution in [1.82, 2.24) is 4.98 Å². The Balaban J connectivity index is 3.02. The van der Waals surface area contributed by atoms with Gasteiger partial charge in [-0.2, -0.15) is 5.26 Å². The van der Waals surface area contributed by atoms with Crippen molar-refractivity contribution in [3.63, 3.8) is 0 Å². The molecular weight excluding hydrogens is 224 g/mol. The van der Waals surface area contributed by atoms with E-state index in [1.54, 1.807) is 6.07 Å². The highest BCUT2D eigenvalue weighted by Crippen LogP contribution is 2.21. The van der Waals surface area contributed by atoms with Crippen molar-refractivity contribution in [2.45, 2.75) is 27.7 Å². The average Bonchev–Trinajstić information content (AvgIpc) is 2.35. The molecule has 4 heteroatoms. The van der Waals surface area contributed by atoms with E-state index in [1.807, 2.05) is 13.0 Å². The predicted molar refractivity (Wildman–Crippen MR) is 74.4 cm³/mol. The van der Waals surface area contributed by atoms with Crippen LogP contribution in [0.3, 0.4) is 0 Å². The van der Waals surface area contributed by atoms with E-state index in [0.29, 0.717) is 12.1 Å². The van der Waals surface area contributed by atoms with Gasteiger partial charge in [0.05, 0.1) is 11.6 Å². The number of aromatic nitrogens is 1. The zero-order valence-electron chi connectivity index (χ0n) is 11.7. The van der Waals surface area contributed by atoms with Gasteiger partial charge in [-0.05, 0) is 37.9 Å². The molecule has 0 spiro atoms. The van der Waals surface area contributed by atoms with Gasteiger partial charge >= 0.3 is 0 Å². The number of pyridine rings is 1. The van der Waals surface area contributed by atoms with Gasteiger partial charge in [0.25, 0.3) is 0 Å². The SMILES string of the molecule is CCN(CC(C)(C)CN)c1cc(C#N)cc(C)n1. The lowest BCUT2D eigenvalue weighted by Crippen LogP contribution is -2.39. The highest BCUT2D eigenvalue weighted by molar-refractivity contribution is 5.46. The first-order chi connectivity index (χ1) is 8.41. The fraction of sp³-hybridized carbons (Fsp3) is 0.571. The van der Waals surface area contributed by atoms with Crippen LogP contribution in [0.15, 0.2) is 12.1 Å². The molecule has 0 saturated carbocycles. The molecule has 18 heavy (non-hydrogen) atoms. The first kappa shape index (κ1) is 14.5. The van der Waals surface area contributed by atoms with E-state index in [0.717, 1.165) is 24.6 Å². The molecule has 1 aromatic heterocycles. The lowest BCUT2D eigenvalue weighted by atomic mass is 9.93. The Hall–Kier alpha value is -1.60. The average molecular weight is 246 g/mol. The highest BCUT2D eigenvalue weighted by Gasteiger charge is 2.20. The summed E-state index contributed by atoms with van der Waals surface area (Å²) >= 11 is 0. The van der Waals surface area contributed by atoms with Crippen LogP contribution in [0.25, 0.3) is 0 Å². The van der Waals surface area contributed by atoms with Crippen LogP contribution in [0.5, 0.6) is 0 Å². The summed E-state index contributed by atoms with van der Waals surface area (Å²) in [6, 6.07) is 5.81. The van der Waals surface area contributed by atoms with Crippen molar-refractivity contribution >= 4 is 5.82 Å². The Morgan fingerprint density at radius 3 is 2.61 bits per heavy atom. The van der Waals surface area contributed by atoms with Gasteiger partial charge in [0, 0.05) is 18.8 Å². The molecule has 4 nitrogen and oxygen atoms in total. The normalized spacial score (nSPS) is 11.1. The third-order valence-electron chi connectivity index (χ3n) is 2.95. The molecule has 1 rings (SSSR count). The summed E-state index contributed by atoms with van der Waals surface area (Å²) in [5.74, 6) is 0.857. The maximum absolute atomic E-state index is 9.00. The summed E-state index contributed by atoms with van der Waals surface area (Å²) in [7, 11) is 0. The molecule has 0 amide bonds. The van der Waals surface area contributed by atoms with Gasteiger partial charge in [-0.1, -0.05) is 13.8 Å². The molecule has 98 valence electrons. The van der Waals surface area contributed by atoms with Crippen molar-refractivity contribution in [2.75, 3.05) is 24.5 Å². The summed E-state index contributed by atoms with van der Waals surface area (Å²) in [5, 5.41) is 9.00. The summed E-state index contributed by atoms with van der Waals surface area (Å²) in [6.07, 6.45) is 0. The Kier molecular flexibility index (Phi) is 4.69.